The zero-order chi connectivity index (χ0) is 17.3. The highest BCUT2D eigenvalue weighted by molar-refractivity contribution is 7.98. The average Bonchev–Trinajstić information content (AvgIpc) is 2.68. The van der Waals surface area contributed by atoms with Crippen LogP contribution in [0, 0.1) is 0 Å². The Morgan fingerprint density at radius 3 is 2.09 bits per heavy atom. The molecule has 0 saturated carbocycles. The van der Waals surface area contributed by atoms with Crippen molar-refractivity contribution in [2.24, 2.45) is 0 Å². The summed E-state index contributed by atoms with van der Waals surface area (Å²) in [6, 6.07) is 6.65. The quantitative estimate of drug-likeness (QED) is 0.619. The highest BCUT2D eigenvalue weighted by Gasteiger charge is 2.51. The molecule has 0 radical (unpaired) electrons. The van der Waals surface area contributed by atoms with E-state index >= 15 is 0 Å². The van der Waals surface area contributed by atoms with Crippen molar-refractivity contribution in [2.75, 3.05) is 18.6 Å². The lowest BCUT2D eigenvalue weighted by Gasteiger charge is -2.32. The van der Waals surface area contributed by atoms with Gasteiger partial charge in [0.25, 0.3) is 0 Å². The van der Waals surface area contributed by atoms with Crippen LogP contribution in [0.15, 0.2) is 29.2 Å². The van der Waals surface area contributed by atoms with Crippen LogP contribution in [0.2, 0.25) is 0 Å². The van der Waals surface area contributed by atoms with Gasteiger partial charge in [-0.1, -0.05) is 12.1 Å². The van der Waals surface area contributed by atoms with E-state index in [4.69, 9.17) is 9.31 Å². The van der Waals surface area contributed by atoms with Gasteiger partial charge in [-0.15, -0.1) is 0 Å². The van der Waals surface area contributed by atoms with Crippen LogP contribution in [0.1, 0.15) is 27.7 Å². The third kappa shape index (κ3) is 4.11. The Hall–Kier alpha value is -0.535. The molecule has 1 N–H and O–H groups in total. The van der Waals surface area contributed by atoms with E-state index in [9.17, 15) is 8.42 Å². The molecule has 0 bridgehead atoms. The second-order valence-electron chi connectivity index (χ2n) is 6.55. The molecule has 1 aliphatic rings. The minimum absolute atomic E-state index is 0.249. The van der Waals surface area contributed by atoms with Crippen LogP contribution in [0.5, 0.6) is 0 Å². The van der Waals surface area contributed by atoms with E-state index in [1.807, 2.05) is 34.0 Å². The zero-order valence-corrected chi connectivity index (χ0v) is 15.9. The molecule has 2 rings (SSSR count). The van der Waals surface area contributed by atoms with Crippen LogP contribution >= 0.6 is 11.8 Å². The summed E-state index contributed by atoms with van der Waals surface area (Å²) in [5.41, 5.74) is -0.0180. The fourth-order valence-corrected chi connectivity index (χ4v) is 3.61. The molecule has 8 heteroatoms. The maximum absolute atomic E-state index is 12.2. The van der Waals surface area contributed by atoms with Crippen molar-refractivity contribution < 1.29 is 17.7 Å². The third-order valence-electron chi connectivity index (χ3n) is 4.31. The fraction of sp³-hybridized carbons (Fsp3) is 0.600. The first-order chi connectivity index (χ1) is 10.6. The summed E-state index contributed by atoms with van der Waals surface area (Å²) in [6.45, 7) is 8.37. The molecule has 0 aromatic heterocycles. The Kier molecular flexibility index (Phi) is 5.53. The molecule has 128 valence electrons. The van der Waals surface area contributed by atoms with Gasteiger partial charge in [0.2, 0.25) is 10.0 Å². The highest BCUT2D eigenvalue weighted by Crippen LogP contribution is 2.36. The van der Waals surface area contributed by atoms with Crippen LogP contribution in [0.25, 0.3) is 0 Å². The number of sulfonamides is 1. The number of thioether (sulfide) groups is 1. The summed E-state index contributed by atoms with van der Waals surface area (Å²) in [6.07, 6.45) is 1.94. The first-order valence-electron chi connectivity index (χ1n) is 7.53. The van der Waals surface area contributed by atoms with Crippen LogP contribution < -0.4 is 10.2 Å². The van der Waals surface area contributed by atoms with Gasteiger partial charge in [0.05, 0.1) is 16.1 Å². The van der Waals surface area contributed by atoms with Crippen molar-refractivity contribution in [3.63, 3.8) is 0 Å². The molecule has 1 fully saturated rings. The van der Waals surface area contributed by atoms with Crippen molar-refractivity contribution in [2.45, 2.75) is 43.8 Å². The average molecular weight is 357 g/mol. The number of hydrogen-bond donors (Lipinski definition) is 1. The lowest BCUT2D eigenvalue weighted by molar-refractivity contribution is 0.00578. The molecule has 0 aliphatic carbocycles. The fourth-order valence-electron chi connectivity index (χ4n) is 2.14. The van der Waals surface area contributed by atoms with E-state index < -0.39 is 28.3 Å². The Morgan fingerprint density at radius 1 is 1.09 bits per heavy atom. The van der Waals surface area contributed by atoms with Crippen LogP contribution in [-0.4, -0.2) is 45.3 Å². The Bertz CT molecular complexity index is 628. The van der Waals surface area contributed by atoms with Crippen LogP contribution in [0.3, 0.4) is 0 Å². The maximum Gasteiger partial charge on any atom is 0.494 e. The highest BCUT2D eigenvalue weighted by atomic mass is 32.2. The van der Waals surface area contributed by atoms with Gasteiger partial charge >= 0.3 is 7.12 Å². The van der Waals surface area contributed by atoms with E-state index in [0.717, 1.165) is 11.2 Å². The van der Waals surface area contributed by atoms with Crippen molar-refractivity contribution in [3.05, 3.63) is 24.3 Å². The van der Waals surface area contributed by atoms with E-state index in [1.165, 1.54) is 0 Å². The molecule has 1 aliphatic heterocycles. The molecule has 0 atom stereocenters. The largest absolute Gasteiger partial charge is 0.494 e. The number of nitrogens with one attached hydrogen (secondary N) is 1. The second kappa shape index (κ2) is 6.76. The molecular formula is C15H24BNO4S2. The molecule has 23 heavy (non-hydrogen) atoms. The Morgan fingerprint density at radius 2 is 1.61 bits per heavy atom. The van der Waals surface area contributed by atoms with Gasteiger partial charge in [-0.3, -0.25) is 0 Å². The third-order valence-corrected chi connectivity index (χ3v) is 6.40. The molecule has 5 nitrogen and oxygen atoms in total. The molecule has 0 spiro atoms. The first-order valence-corrected chi connectivity index (χ1v) is 10.4. The van der Waals surface area contributed by atoms with Crippen molar-refractivity contribution in [1.82, 2.24) is 4.72 Å². The summed E-state index contributed by atoms with van der Waals surface area (Å²) < 4.78 is 38.8. The first kappa shape index (κ1) is 18.8. The van der Waals surface area contributed by atoms with E-state index in [-0.39, 0.29) is 4.90 Å². The summed E-state index contributed by atoms with van der Waals surface area (Å²) in [4.78, 5) is 0.249. The summed E-state index contributed by atoms with van der Waals surface area (Å²) in [7, 11) is -3.95. The zero-order valence-electron chi connectivity index (χ0n) is 14.3. The number of benzene rings is 1. The molecular weight excluding hydrogens is 333 g/mol. The standard InChI is InChI=1S/C15H24BNO4S2/c1-14(2)15(3,4)21-16(20-14)12-6-8-13(9-7-12)23(18,19)17-10-11-22-5/h6-9,17H,10-11H2,1-5H3. The summed E-state index contributed by atoms with van der Waals surface area (Å²) in [5, 5.41) is 0. The minimum Gasteiger partial charge on any atom is -0.399 e. The van der Waals surface area contributed by atoms with E-state index in [2.05, 4.69) is 4.72 Å². The number of rotatable bonds is 6. The molecule has 0 unspecified atom stereocenters. The van der Waals surface area contributed by atoms with Gasteiger partial charge in [0.1, 0.15) is 0 Å². The van der Waals surface area contributed by atoms with Crippen molar-refractivity contribution in [3.8, 4) is 0 Å². The summed E-state index contributed by atoms with van der Waals surface area (Å²) >= 11 is 1.60. The van der Waals surface area contributed by atoms with Crippen molar-refractivity contribution in [1.29, 1.82) is 0 Å². The van der Waals surface area contributed by atoms with E-state index in [1.54, 1.807) is 36.0 Å². The van der Waals surface area contributed by atoms with Crippen LogP contribution in [-0.2, 0) is 19.3 Å². The SMILES string of the molecule is CSCCNS(=O)(=O)c1ccc(B2OC(C)(C)C(C)(C)O2)cc1. The smallest absolute Gasteiger partial charge is 0.399 e. The van der Waals surface area contributed by atoms with Gasteiger partial charge in [-0.2, -0.15) is 11.8 Å². The van der Waals surface area contributed by atoms with E-state index in [0.29, 0.717) is 6.54 Å². The maximum atomic E-state index is 12.2. The molecule has 1 heterocycles. The minimum atomic E-state index is -3.46. The van der Waals surface area contributed by atoms with Gasteiger partial charge in [0, 0.05) is 12.3 Å². The predicted octanol–water partition coefficient (Wildman–Crippen LogP) is 1.63. The lowest BCUT2D eigenvalue weighted by Crippen LogP contribution is -2.41. The van der Waals surface area contributed by atoms with Crippen LogP contribution in [0.4, 0.5) is 0 Å². The molecule has 1 aromatic rings. The second-order valence-corrected chi connectivity index (χ2v) is 9.30. The normalized spacial score (nSPS) is 20.0. The summed E-state index contributed by atoms with van der Waals surface area (Å²) in [5.74, 6) is 0.741. The topological polar surface area (TPSA) is 64.6 Å². The van der Waals surface area contributed by atoms with Gasteiger partial charge in [0.15, 0.2) is 0 Å². The van der Waals surface area contributed by atoms with Gasteiger partial charge in [-0.05, 0) is 51.5 Å². The number of hydrogen-bond acceptors (Lipinski definition) is 5. The predicted molar refractivity (Wildman–Crippen MR) is 95.7 cm³/mol. The van der Waals surface area contributed by atoms with Gasteiger partial charge in [-0.25, -0.2) is 13.1 Å². The molecule has 1 saturated heterocycles. The monoisotopic (exact) mass is 357 g/mol. The Labute approximate surface area is 143 Å². The van der Waals surface area contributed by atoms with Gasteiger partial charge < -0.3 is 9.31 Å². The molecule has 0 amide bonds. The Balaban J connectivity index is 2.12. The van der Waals surface area contributed by atoms with Crippen molar-refractivity contribution >= 4 is 34.4 Å². The molecule has 1 aromatic carbocycles. The lowest BCUT2D eigenvalue weighted by atomic mass is 9.79.